The molecule has 0 aliphatic carbocycles. The summed E-state index contributed by atoms with van der Waals surface area (Å²) in [4.78, 5) is 35.9. The molecule has 0 saturated carbocycles. The summed E-state index contributed by atoms with van der Waals surface area (Å²) in [5.41, 5.74) is 13.8. The molecule has 2 aromatic carbocycles. The lowest BCUT2D eigenvalue weighted by atomic mass is 9.79. The van der Waals surface area contributed by atoms with Gasteiger partial charge in [0.2, 0.25) is 0 Å². The summed E-state index contributed by atoms with van der Waals surface area (Å²) < 4.78 is 19.6. The summed E-state index contributed by atoms with van der Waals surface area (Å²) in [6, 6.07) is 15.0. The van der Waals surface area contributed by atoms with E-state index in [2.05, 4.69) is 15.3 Å². The molecule has 4 heterocycles. The number of nitrogen functional groups attached to an aromatic ring is 2. The molecule has 0 amide bonds. The number of aryl methyl sites for hydroxylation is 1. The first-order valence-corrected chi connectivity index (χ1v) is 17.8. The molecule has 8 N–H and O–H groups in total. The number of hydrogen-bond acceptors (Lipinski definition) is 13. The van der Waals surface area contributed by atoms with Crippen LogP contribution in [0.1, 0.15) is 66.2 Å². The topological polar surface area (TPSA) is 216 Å². The second-order valence-corrected chi connectivity index (χ2v) is 13.7. The highest BCUT2D eigenvalue weighted by Gasteiger charge is 2.47. The molecule has 13 nitrogen and oxygen atoms in total. The van der Waals surface area contributed by atoms with Crippen molar-refractivity contribution in [2.75, 3.05) is 25.1 Å². The van der Waals surface area contributed by atoms with E-state index in [-0.39, 0.29) is 58.2 Å². The molecule has 54 heavy (non-hydrogen) atoms. The third-order valence-corrected chi connectivity index (χ3v) is 10.0. The number of rotatable bonds is 13. The van der Waals surface area contributed by atoms with Crippen molar-refractivity contribution >= 4 is 28.6 Å². The normalized spacial score (nSPS) is 17.5. The highest BCUT2D eigenvalue weighted by molar-refractivity contribution is 5.92. The molecule has 13 heteroatoms. The molecule has 5 aromatic rings. The number of carbonyl (C=O) groups is 1. The summed E-state index contributed by atoms with van der Waals surface area (Å²) in [6.45, 7) is 3.60. The molecule has 6 rings (SSSR count). The zero-order valence-corrected chi connectivity index (χ0v) is 30.5. The number of aromatic nitrogens is 2. The van der Waals surface area contributed by atoms with Gasteiger partial charge in [-0.15, -0.1) is 0 Å². The van der Waals surface area contributed by atoms with Gasteiger partial charge in [-0.25, -0.2) is 14.8 Å². The van der Waals surface area contributed by atoms with Crippen LogP contribution in [-0.4, -0.2) is 56.6 Å². The number of phenolic OH excluding ortho intramolecular Hbond substituents is 2. The van der Waals surface area contributed by atoms with Crippen LogP contribution in [-0.2, 0) is 35.4 Å². The number of benzene rings is 2. The van der Waals surface area contributed by atoms with Crippen LogP contribution >= 0.6 is 0 Å². The summed E-state index contributed by atoms with van der Waals surface area (Å²) in [5, 5.41) is 35.5. The average molecular weight is 736 g/mol. The first-order valence-electron chi connectivity index (χ1n) is 17.8. The van der Waals surface area contributed by atoms with E-state index >= 15 is 0 Å². The number of fused-ring (bicyclic) bond motifs is 2. The van der Waals surface area contributed by atoms with E-state index in [1.54, 1.807) is 68.8 Å². The lowest BCUT2D eigenvalue weighted by Gasteiger charge is -2.43. The van der Waals surface area contributed by atoms with Crippen LogP contribution in [0.5, 0.6) is 17.2 Å². The Labute approximate surface area is 312 Å². The maximum Gasteiger partial charge on any atom is 0.334 e. The summed E-state index contributed by atoms with van der Waals surface area (Å²) >= 11 is 0. The second-order valence-electron chi connectivity index (χ2n) is 13.7. The monoisotopic (exact) mass is 735 g/mol. The van der Waals surface area contributed by atoms with E-state index in [1.165, 1.54) is 0 Å². The molecule has 0 radical (unpaired) electrons. The van der Waals surface area contributed by atoms with Gasteiger partial charge in [-0.05, 0) is 100 Å². The standard InChI is InChI=1S/C41H45N5O8/c1-4-25(11-14-44-3)40(51)53-32-20-30-37(50)36-31(49)19-28(22-47)52-39(36)35(38(30)54-41(32,2)13-10-23-8-9-33(42)46-21-23)29(26-12-15-45-34(43)18-26)17-24-6-5-7-27(48)16-24/h4-9,12,15-16,18-19,21,29,32,44,47-48,50H,10-11,13-14,17,20,22H2,1-3H3,(H2,42,46)(H2,43,45). The van der Waals surface area contributed by atoms with Gasteiger partial charge < -0.3 is 46.0 Å². The number of allylic oxidation sites excluding steroid dienone is 1. The second kappa shape index (κ2) is 16.0. The number of pyridine rings is 2. The minimum Gasteiger partial charge on any atom is -0.508 e. The maximum atomic E-state index is 13.8. The minimum absolute atomic E-state index is 0.00607. The molecular formula is C41H45N5O8. The van der Waals surface area contributed by atoms with E-state index in [4.69, 9.17) is 25.4 Å². The number of anilines is 2. The number of phenols is 2. The van der Waals surface area contributed by atoms with Gasteiger partial charge in [0.05, 0.1) is 0 Å². The van der Waals surface area contributed by atoms with E-state index in [9.17, 15) is 24.9 Å². The number of nitrogens with one attached hydrogen (secondary N) is 1. The third-order valence-electron chi connectivity index (χ3n) is 10.0. The Bertz CT molecular complexity index is 2250. The number of nitrogens with zero attached hydrogens (tertiary/aromatic N) is 2. The van der Waals surface area contributed by atoms with Crippen molar-refractivity contribution in [1.29, 1.82) is 0 Å². The number of ether oxygens (including phenoxy) is 2. The van der Waals surface area contributed by atoms with Crippen LogP contribution in [0.3, 0.4) is 0 Å². The Balaban J connectivity index is 1.59. The molecule has 282 valence electrons. The van der Waals surface area contributed by atoms with Crippen molar-refractivity contribution in [3.05, 3.63) is 122 Å². The largest absolute Gasteiger partial charge is 0.508 e. The number of esters is 1. The van der Waals surface area contributed by atoms with Crippen molar-refractivity contribution in [1.82, 2.24) is 15.3 Å². The van der Waals surface area contributed by atoms with Gasteiger partial charge in [-0.3, -0.25) is 4.79 Å². The Kier molecular flexibility index (Phi) is 11.2. The number of hydrogen-bond donors (Lipinski definition) is 6. The molecule has 3 unspecified atom stereocenters. The van der Waals surface area contributed by atoms with E-state index < -0.39 is 35.6 Å². The molecule has 1 aliphatic heterocycles. The Morgan fingerprint density at radius 3 is 2.61 bits per heavy atom. The van der Waals surface area contributed by atoms with Gasteiger partial charge in [0.15, 0.2) is 5.43 Å². The van der Waals surface area contributed by atoms with Crippen molar-refractivity contribution in [2.45, 2.75) is 70.2 Å². The van der Waals surface area contributed by atoms with E-state index in [0.29, 0.717) is 48.3 Å². The first-order chi connectivity index (χ1) is 25.9. The maximum absolute atomic E-state index is 13.8. The average Bonchev–Trinajstić information content (AvgIpc) is 3.15. The number of aliphatic hydroxyl groups excluding tert-OH is 1. The van der Waals surface area contributed by atoms with Crippen molar-refractivity contribution in [3.63, 3.8) is 0 Å². The predicted molar refractivity (Wildman–Crippen MR) is 204 cm³/mol. The number of aliphatic hydroxyl groups is 1. The van der Waals surface area contributed by atoms with Crippen LogP contribution in [0.25, 0.3) is 11.0 Å². The van der Waals surface area contributed by atoms with Crippen LogP contribution < -0.4 is 26.9 Å². The molecule has 0 saturated heterocycles. The van der Waals surface area contributed by atoms with Crippen LogP contribution in [0.4, 0.5) is 11.6 Å². The highest BCUT2D eigenvalue weighted by atomic mass is 16.6. The lowest BCUT2D eigenvalue weighted by Crippen LogP contribution is -2.52. The van der Waals surface area contributed by atoms with Crippen molar-refractivity contribution in [3.8, 4) is 17.2 Å². The quantitative estimate of drug-likeness (QED) is 0.0707. The Morgan fingerprint density at radius 1 is 1.11 bits per heavy atom. The summed E-state index contributed by atoms with van der Waals surface area (Å²) in [6.07, 6.45) is 5.56. The number of carbonyl (C=O) groups excluding carboxylic acids is 1. The van der Waals surface area contributed by atoms with Crippen molar-refractivity contribution < 1.29 is 34.0 Å². The summed E-state index contributed by atoms with van der Waals surface area (Å²) in [7, 11) is 1.80. The van der Waals surface area contributed by atoms with Crippen LogP contribution in [0, 0.1) is 0 Å². The van der Waals surface area contributed by atoms with Gasteiger partial charge in [-0.1, -0.05) is 24.3 Å². The zero-order valence-electron chi connectivity index (χ0n) is 30.5. The van der Waals surface area contributed by atoms with Gasteiger partial charge in [0.25, 0.3) is 0 Å². The van der Waals surface area contributed by atoms with Crippen molar-refractivity contribution in [2.24, 2.45) is 0 Å². The molecule has 3 aromatic heterocycles. The molecular weight excluding hydrogens is 690 g/mol. The fraction of sp³-hybridized carbons (Fsp3) is 0.317. The van der Waals surface area contributed by atoms with E-state index in [0.717, 1.165) is 17.2 Å². The zero-order chi connectivity index (χ0) is 38.6. The smallest absolute Gasteiger partial charge is 0.334 e. The predicted octanol–water partition coefficient (Wildman–Crippen LogP) is 4.82. The van der Waals surface area contributed by atoms with Gasteiger partial charge in [-0.2, -0.15) is 0 Å². The third kappa shape index (κ3) is 7.87. The summed E-state index contributed by atoms with van der Waals surface area (Å²) in [5.74, 6) is -0.627. The van der Waals surface area contributed by atoms with Gasteiger partial charge in [0.1, 0.15) is 63.9 Å². The minimum atomic E-state index is -1.19. The molecule has 1 aliphatic rings. The Morgan fingerprint density at radius 2 is 1.93 bits per heavy atom. The fourth-order valence-corrected chi connectivity index (χ4v) is 7.05. The highest BCUT2D eigenvalue weighted by Crippen LogP contribution is 2.51. The molecule has 3 atom stereocenters. The van der Waals surface area contributed by atoms with E-state index in [1.807, 2.05) is 19.1 Å². The fourth-order valence-electron chi connectivity index (χ4n) is 7.05. The Hall–Kier alpha value is -5.92. The SMILES string of the molecule is CC=C(CCNC)C(=O)OC1Cc2c(c(C(Cc3cccc(O)c3)c3ccnc(N)c3)c3oc(CO)cc(=O)c3c2O)OC1(C)CCc1ccc(N)nc1. The lowest BCUT2D eigenvalue weighted by molar-refractivity contribution is -0.159. The number of aromatic hydroxyl groups is 2. The van der Waals surface area contributed by atoms with Gasteiger partial charge >= 0.3 is 5.97 Å². The number of nitrogens with two attached hydrogens (primary N) is 2. The van der Waals surface area contributed by atoms with Crippen LogP contribution in [0.15, 0.2) is 87.9 Å². The van der Waals surface area contributed by atoms with Crippen LogP contribution in [0.2, 0.25) is 0 Å². The molecule has 0 bridgehead atoms. The molecule has 0 fully saturated rings. The first kappa shape index (κ1) is 37.8. The van der Waals surface area contributed by atoms with Gasteiger partial charge in [0, 0.05) is 47.5 Å². The molecule has 0 spiro atoms.